The number of carbonyl (C=O) groups is 1. The summed E-state index contributed by atoms with van der Waals surface area (Å²) >= 11 is 6.00. The third-order valence-corrected chi connectivity index (χ3v) is 3.37. The molecule has 0 radical (unpaired) electrons. The molecular weight excluding hydrogens is 292 g/mol. The van der Waals surface area contributed by atoms with Crippen LogP contribution in [0.2, 0.25) is 5.02 Å². The summed E-state index contributed by atoms with van der Waals surface area (Å²) in [5.41, 5.74) is 0.291. The fraction of sp³-hybridized carbons (Fsp3) is 0.600. The summed E-state index contributed by atoms with van der Waals surface area (Å²) in [6, 6.07) is 1.55. The minimum absolute atomic E-state index is 0.116. The first-order valence-electron chi connectivity index (χ1n) is 7.07. The molecule has 0 spiro atoms. The molecule has 21 heavy (non-hydrogen) atoms. The fourth-order valence-electron chi connectivity index (χ4n) is 1.74. The van der Waals surface area contributed by atoms with Gasteiger partial charge in [0.1, 0.15) is 5.02 Å². The van der Waals surface area contributed by atoms with Crippen LogP contribution in [0.5, 0.6) is 5.88 Å². The summed E-state index contributed by atoms with van der Waals surface area (Å²) in [6.45, 7) is 6.98. The van der Waals surface area contributed by atoms with Gasteiger partial charge in [-0.3, -0.25) is 4.79 Å². The summed E-state index contributed by atoms with van der Waals surface area (Å²) in [7, 11) is 0. The third-order valence-electron chi connectivity index (χ3n) is 3.09. The molecule has 1 heterocycles. The van der Waals surface area contributed by atoms with Crippen LogP contribution in [0.15, 0.2) is 12.3 Å². The number of carbonyl (C=O) groups excluding carboxylic acids is 1. The maximum Gasteiger partial charge on any atom is 0.252 e. The van der Waals surface area contributed by atoms with Gasteiger partial charge in [-0.05, 0) is 31.2 Å². The van der Waals surface area contributed by atoms with Crippen LogP contribution in [0.3, 0.4) is 0 Å². The molecule has 0 atom stereocenters. The summed E-state index contributed by atoms with van der Waals surface area (Å²) in [5, 5.41) is 12.3. The zero-order valence-electron chi connectivity index (χ0n) is 12.8. The van der Waals surface area contributed by atoms with Gasteiger partial charge in [-0.15, -0.1) is 0 Å². The van der Waals surface area contributed by atoms with E-state index in [4.69, 9.17) is 21.4 Å². The van der Waals surface area contributed by atoms with E-state index in [1.807, 2.05) is 20.8 Å². The Bertz CT molecular complexity index is 478. The maximum absolute atomic E-state index is 12.0. The van der Waals surface area contributed by atoms with Crippen molar-refractivity contribution >= 4 is 17.5 Å². The monoisotopic (exact) mass is 314 g/mol. The van der Waals surface area contributed by atoms with E-state index < -0.39 is 0 Å². The van der Waals surface area contributed by atoms with Crippen molar-refractivity contribution in [2.24, 2.45) is 5.41 Å². The van der Waals surface area contributed by atoms with Gasteiger partial charge in [0.2, 0.25) is 5.88 Å². The molecule has 0 saturated carbocycles. The number of rotatable bonds is 8. The average molecular weight is 315 g/mol. The lowest BCUT2D eigenvalue weighted by molar-refractivity contribution is 0.0948. The number of aliphatic hydroxyl groups is 1. The molecular formula is C15H23ClN2O3. The molecule has 0 unspecified atom stereocenters. The third kappa shape index (κ3) is 5.89. The molecule has 6 heteroatoms. The molecule has 5 nitrogen and oxygen atoms in total. The molecule has 1 aromatic heterocycles. The van der Waals surface area contributed by atoms with Gasteiger partial charge in [-0.2, -0.15) is 0 Å². The van der Waals surface area contributed by atoms with Crippen LogP contribution in [0.25, 0.3) is 0 Å². The Morgan fingerprint density at radius 2 is 2.24 bits per heavy atom. The Morgan fingerprint density at radius 1 is 1.52 bits per heavy atom. The summed E-state index contributed by atoms with van der Waals surface area (Å²) in [5.74, 6) is 0.120. The van der Waals surface area contributed by atoms with Gasteiger partial charge in [0, 0.05) is 19.3 Å². The molecule has 0 aromatic carbocycles. The van der Waals surface area contributed by atoms with E-state index in [0.717, 1.165) is 12.8 Å². The number of halogens is 1. The molecule has 2 N–H and O–H groups in total. The lowest BCUT2D eigenvalue weighted by Crippen LogP contribution is -2.26. The van der Waals surface area contributed by atoms with E-state index in [-0.39, 0.29) is 17.9 Å². The number of nitrogens with one attached hydrogen (secondary N) is 1. The first-order valence-corrected chi connectivity index (χ1v) is 7.45. The number of amides is 1. The Hall–Kier alpha value is -1.33. The first kappa shape index (κ1) is 17.7. The number of pyridine rings is 1. The molecule has 1 aromatic rings. The maximum atomic E-state index is 12.0. The number of hydrogen-bond acceptors (Lipinski definition) is 4. The van der Waals surface area contributed by atoms with Crippen molar-refractivity contribution in [3.05, 3.63) is 22.8 Å². The van der Waals surface area contributed by atoms with Crippen molar-refractivity contribution in [2.75, 3.05) is 19.8 Å². The molecule has 0 saturated heterocycles. The first-order chi connectivity index (χ1) is 9.89. The zero-order chi connectivity index (χ0) is 15.9. The molecule has 0 fully saturated rings. The van der Waals surface area contributed by atoms with E-state index in [0.29, 0.717) is 29.6 Å². The smallest absolute Gasteiger partial charge is 0.252 e. The van der Waals surface area contributed by atoms with Crippen molar-refractivity contribution in [3.63, 3.8) is 0 Å². The zero-order valence-corrected chi connectivity index (χ0v) is 13.5. The van der Waals surface area contributed by atoms with Gasteiger partial charge in [0.25, 0.3) is 5.91 Å². The molecule has 0 aliphatic carbocycles. The van der Waals surface area contributed by atoms with Gasteiger partial charge in [0.05, 0.1) is 12.2 Å². The van der Waals surface area contributed by atoms with E-state index in [1.165, 1.54) is 6.20 Å². The van der Waals surface area contributed by atoms with Crippen LogP contribution in [0.4, 0.5) is 0 Å². The van der Waals surface area contributed by atoms with Crippen molar-refractivity contribution in [1.29, 1.82) is 0 Å². The van der Waals surface area contributed by atoms with Crippen LogP contribution < -0.4 is 10.1 Å². The summed E-state index contributed by atoms with van der Waals surface area (Å²) < 4.78 is 5.22. The number of hydrogen-bond donors (Lipinski definition) is 2. The van der Waals surface area contributed by atoms with Crippen molar-refractivity contribution in [3.8, 4) is 5.88 Å². The topological polar surface area (TPSA) is 71.5 Å². The van der Waals surface area contributed by atoms with Crippen LogP contribution in [-0.4, -0.2) is 35.8 Å². The SMILES string of the molecule is CCOc1ncc(C(=O)NCCCC(C)(C)CO)cc1Cl. The molecule has 0 bridgehead atoms. The standard InChI is InChI=1S/C15H23ClN2O3/c1-4-21-14-12(16)8-11(9-18-14)13(20)17-7-5-6-15(2,3)10-19/h8-9,19H,4-7,10H2,1-3H3,(H,17,20). The van der Waals surface area contributed by atoms with E-state index >= 15 is 0 Å². The molecule has 118 valence electrons. The van der Waals surface area contributed by atoms with E-state index in [9.17, 15) is 4.79 Å². The lowest BCUT2D eigenvalue weighted by atomic mass is 9.89. The Morgan fingerprint density at radius 3 is 2.81 bits per heavy atom. The van der Waals surface area contributed by atoms with E-state index in [1.54, 1.807) is 6.07 Å². The highest BCUT2D eigenvalue weighted by Gasteiger charge is 2.16. The Balaban J connectivity index is 2.47. The minimum atomic E-state index is -0.214. The quantitative estimate of drug-likeness (QED) is 0.724. The highest BCUT2D eigenvalue weighted by Crippen LogP contribution is 2.22. The van der Waals surface area contributed by atoms with E-state index in [2.05, 4.69) is 10.3 Å². The van der Waals surface area contributed by atoms with Crippen LogP contribution in [-0.2, 0) is 0 Å². The molecule has 1 amide bonds. The number of ether oxygens (including phenoxy) is 1. The highest BCUT2D eigenvalue weighted by atomic mass is 35.5. The summed E-state index contributed by atoms with van der Waals surface area (Å²) in [6.07, 6.45) is 3.09. The normalized spacial score (nSPS) is 11.3. The fourth-order valence-corrected chi connectivity index (χ4v) is 1.96. The predicted molar refractivity (Wildman–Crippen MR) is 82.9 cm³/mol. The number of aliphatic hydroxyl groups excluding tert-OH is 1. The highest BCUT2D eigenvalue weighted by molar-refractivity contribution is 6.32. The molecule has 0 aliphatic rings. The second-order valence-electron chi connectivity index (χ2n) is 5.63. The second-order valence-corrected chi connectivity index (χ2v) is 6.03. The van der Waals surface area contributed by atoms with Gasteiger partial charge < -0.3 is 15.2 Å². The molecule has 0 aliphatic heterocycles. The summed E-state index contributed by atoms with van der Waals surface area (Å²) in [4.78, 5) is 16.0. The molecule has 1 rings (SSSR count). The Kier molecular flexibility index (Phi) is 6.92. The predicted octanol–water partition coefficient (Wildman–Crippen LogP) is 2.66. The Labute approximate surface area is 130 Å². The van der Waals surface area contributed by atoms with Crippen LogP contribution in [0.1, 0.15) is 44.0 Å². The largest absolute Gasteiger partial charge is 0.477 e. The van der Waals surface area contributed by atoms with Gasteiger partial charge in [0.15, 0.2) is 0 Å². The van der Waals surface area contributed by atoms with Crippen molar-refractivity contribution < 1.29 is 14.6 Å². The van der Waals surface area contributed by atoms with Gasteiger partial charge in [-0.25, -0.2) is 4.98 Å². The van der Waals surface area contributed by atoms with Gasteiger partial charge >= 0.3 is 0 Å². The van der Waals surface area contributed by atoms with Crippen molar-refractivity contribution in [1.82, 2.24) is 10.3 Å². The minimum Gasteiger partial charge on any atom is -0.477 e. The average Bonchev–Trinajstić information content (AvgIpc) is 2.45. The van der Waals surface area contributed by atoms with Gasteiger partial charge in [-0.1, -0.05) is 25.4 Å². The second kappa shape index (κ2) is 8.20. The lowest BCUT2D eigenvalue weighted by Gasteiger charge is -2.21. The number of nitrogens with zero attached hydrogens (tertiary/aromatic N) is 1. The van der Waals surface area contributed by atoms with Crippen LogP contribution in [0, 0.1) is 5.41 Å². The number of aromatic nitrogens is 1. The van der Waals surface area contributed by atoms with Crippen molar-refractivity contribution in [2.45, 2.75) is 33.6 Å². The van der Waals surface area contributed by atoms with Crippen LogP contribution >= 0.6 is 11.6 Å².